The summed E-state index contributed by atoms with van der Waals surface area (Å²) in [5, 5.41) is 0. The summed E-state index contributed by atoms with van der Waals surface area (Å²) in [5.74, 6) is 0. The first kappa shape index (κ1) is 11.0. The van der Waals surface area contributed by atoms with Gasteiger partial charge in [-0.2, -0.15) is 0 Å². The van der Waals surface area contributed by atoms with Crippen LogP contribution in [0.1, 0.15) is 45.4 Å². The van der Waals surface area contributed by atoms with E-state index in [-0.39, 0.29) is 0 Å². The quantitative estimate of drug-likeness (QED) is 0.724. The lowest BCUT2D eigenvalue weighted by Crippen LogP contribution is -2.37. The Hall–Kier alpha value is -0.0800. The molecule has 0 bridgehead atoms. The van der Waals surface area contributed by atoms with Crippen LogP contribution in [0.15, 0.2) is 0 Å². The predicted molar refractivity (Wildman–Crippen MR) is 57.8 cm³/mol. The van der Waals surface area contributed by atoms with E-state index in [0.717, 1.165) is 6.54 Å². The Morgan fingerprint density at radius 3 is 2.31 bits per heavy atom. The minimum Gasteiger partial charge on any atom is -0.327 e. The van der Waals surface area contributed by atoms with E-state index in [9.17, 15) is 0 Å². The second kappa shape index (κ2) is 6.39. The summed E-state index contributed by atoms with van der Waals surface area (Å²) >= 11 is 0. The fraction of sp³-hybridized carbons (Fsp3) is 1.00. The van der Waals surface area contributed by atoms with Gasteiger partial charge in [-0.3, -0.25) is 0 Å². The van der Waals surface area contributed by atoms with E-state index in [4.69, 9.17) is 5.73 Å². The van der Waals surface area contributed by atoms with E-state index in [0.29, 0.717) is 6.04 Å². The molecule has 1 fully saturated rings. The highest BCUT2D eigenvalue weighted by Crippen LogP contribution is 2.10. The molecular formula is C11H24N2. The first-order valence-corrected chi connectivity index (χ1v) is 5.81. The minimum atomic E-state index is 0.406. The van der Waals surface area contributed by atoms with E-state index in [1.807, 2.05) is 0 Å². The van der Waals surface area contributed by atoms with Crippen LogP contribution in [0.4, 0.5) is 0 Å². The highest BCUT2D eigenvalue weighted by molar-refractivity contribution is 4.70. The highest BCUT2D eigenvalue weighted by atomic mass is 15.1. The van der Waals surface area contributed by atoms with Crippen molar-refractivity contribution in [3.8, 4) is 0 Å². The molecule has 2 heteroatoms. The third kappa shape index (κ3) is 4.63. The Labute approximate surface area is 82.5 Å². The van der Waals surface area contributed by atoms with Crippen LogP contribution in [-0.4, -0.2) is 30.6 Å². The fourth-order valence-corrected chi connectivity index (χ4v) is 2.11. The van der Waals surface area contributed by atoms with Gasteiger partial charge in [0.2, 0.25) is 0 Å². The molecule has 2 nitrogen and oxygen atoms in total. The lowest BCUT2D eigenvalue weighted by Gasteiger charge is -2.23. The SMILES string of the molecule is CCCC(N)CN1CCCCCC1. The van der Waals surface area contributed by atoms with Gasteiger partial charge in [-0.05, 0) is 32.4 Å². The third-order valence-corrected chi connectivity index (χ3v) is 2.85. The maximum atomic E-state index is 6.02. The molecule has 13 heavy (non-hydrogen) atoms. The minimum absolute atomic E-state index is 0.406. The lowest BCUT2D eigenvalue weighted by atomic mass is 10.1. The molecule has 1 unspecified atom stereocenters. The van der Waals surface area contributed by atoms with Crippen molar-refractivity contribution < 1.29 is 0 Å². The highest BCUT2D eigenvalue weighted by Gasteiger charge is 2.11. The molecule has 78 valence electrons. The largest absolute Gasteiger partial charge is 0.327 e. The summed E-state index contributed by atoms with van der Waals surface area (Å²) in [7, 11) is 0. The van der Waals surface area contributed by atoms with Crippen molar-refractivity contribution in [3.63, 3.8) is 0 Å². The lowest BCUT2D eigenvalue weighted by molar-refractivity contribution is 0.262. The Bertz CT molecular complexity index is 117. The van der Waals surface area contributed by atoms with Crippen LogP contribution in [0, 0.1) is 0 Å². The van der Waals surface area contributed by atoms with Crippen molar-refractivity contribution in [1.29, 1.82) is 0 Å². The summed E-state index contributed by atoms with van der Waals surface area (Å²) in [5.41, 5.74) is 6.02. The average Bonchev–Trinajstić information content (AvgIpc) is 2.33. The molecular weight excluding hydrogens is 160 g/mol. The number of rotatable bonds is 4. The second-order valence-corrected chi connectivity index (χ2v) is 4.26. The van der Waals surface area contributed by atoms with Gasteiger partial charge in [-0.15, -0.1) is 0 Å². The van der Waals surface area contributed by atoms with Crippen molar-refractivity contribution in [2.75, 3.05) is 19.6 Å². The molecule has 0 aromatic heterocycles. The second-order valence-electron chi connectivity index (χ2n) is 4.26. The Morgan fingerprint density at radius 1 is 1.15 bits per heavy atom. The molecule has 1 rings (SSSR count). The van der Waals surface area contributed by atoms with E-state index >= 15 is 0 Å². The van der Waals surface area contributed by atoms with Crippen LogP contribution in [0.25, 0.3) is 0 Å². The molecule has 0 amide bonds. The number of nitrogens with zero attached hydrogens (tertiary/aromatic N) is 1. The summed E-state index contributed by atoms with van der Waals surface area (Å²) in [6, 6.07) is 0.406. The molecule has 1 atom stereocenters. The van der Waals surface area contributed by atoms with Crippen molar-refractivity contribution >= 4 is 0 Å². The van der Waals surface area contributed by atoms with Gasteiger partial charge < -0.3 is 10.6 Å². The Balaban J connectivity index is 2.17. The first-order chi connectivity index (χ1) is 6.33. The molecule has 0 saturated carbocycles. The van der Waals surface area contributed by atoms with Gasteiger partial charge in [0.05, 0.1) is 0 Å². The zero-order chi connectivity index (χ0) is 9.52. The van der Waals surface area contributed by atoms with E-state index in [1.165, 1.54) is 51.6 Å². The van der Waals surface area contributed by atoms with Crippen molar-refractivity contribution in [2.24, 2.45) is 5.73 Å². The summed E-state index contributed by atoms with van der Waals surface area (Å²) in [6.07, 6.45) is 7.97. The third-order valence-electron chi connectivity index (χ3n) is 2.85. The Kier molecular flexibility index (Phi) is 5.40. The molecule has 0 spiro atoms. The number of hydrogen-bond acceptors (Lipinski definition) is 2. The van der Waals surface area contributed by atoms with Gasteiger partial charge in [0, 0.05) is 12.6 Å². The van der Waals surface area contributed by atoms with Gasteiger partial charge in [-0.1, -0.05) is 26.2 Å². The normalized spacial score (nSPS) is 22.6. The molecule has 0 aliphatic carbocycles. The number of nitrogens with two attached hydrogens (primary N) is 1. The molecule has 2 N–H and O–H groups in total. The first-order valence-electron chi connectivity index (χ1n) is 5.81. The van der Waals surface area contributed by atoms with Gasteiger partial charge in [0.15, 0.2) is 0 Å². The zero-order valence-electron chi connectivity index (χ0n) is 8.97. The Morgan fingerprint density at radius 2 is 1.77 bits per heavy atom. The monoisotopic (exact) mass is 184 g/mol. The van der Waals surface area contributed by atoms with Crippen molar-refractivity contribution in [1.82, 2.24) is 4.90 Å². The van der Waals surface area contributed by atoms with Crippen molar-refractivity contribution in [3.05, 3.63) is 0 Å². The predicted octanol–water partition coefficient (Wildman–Crippen LogP) is 1.99. The zero-order valence-corrected chi connectivity index (χ0v) is 8.97. The van der Waals surface area contributed by atoms with Crippen LogP contribution in [-0.2, 0) is 0 Å². The molecule has 1 aliphatic rings. The summed E-state index contributed by atoms with van der Waals surface area (Å²) < 4.78 is 0. The van der Waals surface area contributed by atoms with Crippen LogP contribution in [0.2, 0.25) is 0 Å². The molecule has 1 saturated heterocycles. The average molecular weight is 184 g/mol. The smallest absolute Gasteiger partial charge is 0.0167 e. The van der Waals surface area contributed by atoms with Gasteiger partial charge in [0.25, 0.3) is 0 Å². The number of hydrogen-bond donors (Lipinski definition) is 1. The van der Waals surface area contributed by atoms with Crippen LogP contribution < -0.4 is 5.73 Å². The van der Waals surface area contributed by atoms with Crippen molar-refractivity contribution in [2.45, 2.75) is 51.5 Å². The van der Waals surface area contributed by atoms with E-state index < -0.39 is 0 Å². The fourth-order valence-electron chi connectivity index (χ4n) is 2.11. The maximum Gasteiger partial charge on any atom is 0.0167 e. The van der Waals surface area contributed by atoms with Crippen LogP contribution in [0.3, 0.4) is 0 Å². The molecule has 1 aliphatic heterocycles. The number of likely N-dealkylation sites (tertiary alicyclic amines) is 1. The summed E-state index contributed by atoms with van der Waals surface area (Å²) in [4.78, 5) is 2.55. The molecule has 0 aromatic rings. The van der Waals surface area contributed by atoms with Crippen LogP contribution >= 0.6 is 0 Å². The van der Waals surface area contributed by atoms with E-state index in [1.54, 1.807) is 0 Å². The molecule has 1 heterocycles. The topological polar surface area (TPSA) is 29.3 Å². The van der Waals surface area contributed by atoms with Gasteiger partial charge >= 0.3 is 0 Å². The van der Waals surface area contributed by atoms with Gasteiger partial charge in [0.1, 0.15) is 0 Å². The standard InChI is InChI=1S/C11H24N2/c1-2-7-11(12)10-13-8-5-3-4-6-9-13/h11H,2-10,12H2,1H3. The summed E-state index contributed by atoms with van der Waals surface area (Å²) in [6.45, 7) is 5.88. The van der Waals surface area contributed by atoms with Crippen LogP contribution in [0.5, 0.6) is 0 Å². The molecule has 0 aromatic carbocycles. The van der Waals surface area contributed by atoms with E-state index in [2.05, 4.69) is 11.8 Å². The van der Waals surface area contributed by atoms with Gasteiger partial charge in [-0.25, -0.2) is 0 Å². The molecule has 0 radical (unpaired) electrons. The maximum absolute atomic E-state index is 6.02.